The van der Waals surface area contributed by atoms with E-state index in [1.54, 1.807) is 0 Å². The molecule has 3 nitrogen and oxygen atoms in total. The van der Waals surface area contributed by atoms with E-state index in [0.717, 1.165) is 0 Å². The summed E-state index contributed by atoms with van der Waals surface area (Å²) in [5, 5.41) is 9.26. The molecule has 0 aromatic rings. The van der Waals surface area contributed by atoms with Crippen molar-refractivity contribution in [2.24, 2.45) is 0 Å². The van der Waals surface area contributed by atoms with Gasteiger partial charge in [-0.05, 0) is 44.9 Å². The van der Waals surface area contributed by atoms with Crippen LogP contribution in [0.2, 0.25) is 0 Å². The van der Waals surface area contributed by atoms with E-state index in [1.807, 2.05) is 0 Å². The first-order valence-corrected chi connectivity index (χ1v) is 9.49. The van der Waals surface area contributed by atoms with Crippen molar-refractivity contribution in [3.8, 4) is 0 Å². The van der Waals surface area contributed by atoms with Crippen LogP contribution in [0.5, 0.6) is 0 Å². The van der Waals surface area contributed by atoms with Crippen molar-refractivity contribution in [1.82, 2.24) is 0 Å². The normalized spacial score (nSPS) is 11.0. The van der Waals surface area contributed by atoms with Gasteiger partial charge in [-0.3, -0.25) is 0 Å². The lowest BCUT2D eigenvalue weighted by atomic mass is 10.1. The highest BCUT2D eigenvalue weighted by atomic mass is 16.4. The first-order valence-electron chi connectivity index (χ1n) is 9.49. The lowest BCUT2D eigenvalue weighted by Crippen LogP contribution is -2.46. The van der Waals surface area contributed by atoms with Crippen LogP contribution in [0.25, 0.3) is 0 Å². The summed E-state index contributed by atoms with van der Waals surface area (Å²) in [6, 6.07) is 0. The van der Waals surface area contributed by atoms with E-state index in [-0.39, 0.29) is 6.42 Å². The minimum absolute atomic E-state index is 0.111. The Balaban J connectivity index is 0. The van der Waals surface area contributed by atoms with Crippen LogP contribution in [0.15, 0.2) is 0 Å². The Kier molecular flexibility index (Phi) is 18.1. The molecule has 0 aliphatic rings. The minimum atomic E-state index is -0.995. The Labute approximate surface area is 139 Å². The number of hydrogen-bond acceptors (Lipinski definition) is 2. The number of carbonyl (C=O) groups is 1. The predicted molar refractivity (Wildman–Crippen MR) is 94.7 cm³/mol. The van der Waals surface area contributed by atoms with Gasteiger partial charge in [0.1, 0.15) is 0 Å². The fourth-order valence-electron chi connectivity index (χ4n) is 2.57. The van der Waals surface area contributed by atoms with Crippen molar-refractivity contribution in [3.63, 3.8) is 0 Å². The number of unbranched alkanes of at least 4 members (excludes halogenated alkanes) is 6. The van der Waals surface area contributed by atoms with E-state index in [1.165, 1.54) is 88.8 Å². The van der Waals surface area contributed by atoms with Gasteiger partial charge < -0.3 is 14.4 Å². The van der Waals surface area contributed by atoms with Gasteiger partial charge in [0.05, 0.1) is 26.7 Å². The molecule has 0 rings (SSSR count). The Bertz CT molecular complexity index is 215. The second-order valence-corrected chi connectivity index (χ2v) is 6.64. The summed E-state index contributed by atoms with van der Waals surface area (Å²) in [5.41, 5.74) is 0. The van der Waals surface area contributed by atoms with E-state index in [4.69, 9.17) is 0 Å². The molecule has 0 saturated heterocycles. The number of carbonyl (C=O) groups excluding carboxylic acids is 1. The first kappa shape index (κ1) is 23.7. The largest absolute Gasteiger partial charge is 0.550 e. The predicted octanol–water partition coefficient (Wildman–Crippen LogP) is 4.15. The van der Waals surface area contributed by atoms with Gasteiger partial charge in [-0.15, -0.1) is 0 Å². The van der Waals surface area contributed by atoms with Gasteiger partial charge in [-0.25, -0.2) is 0 Å². The van der Waals surface area contributed by atoms with Crippen molar-refractivity contribution in [2.75, 3.05) is 26.7 Å². The molecule has 0 aromatic heterocycles. The highest BCUT2D eigenvalue weighted by Crippen LogP contribution is 2.13. The fourth-order valence-corrected chi connectivity index (χ4v) is 2.57. The number of nitrogens with zero attached hydrogens (tertiary/aromatic N) is 1. The number of quaternary nitrogens is 1. The van der Waals surface area contributed by atoms with E-state index < -0.39 is 5.97 Å². The summed E-state index contributed by atoms with van der Waals surface area (Å²) < 4.78 is 1.33. The van der Waals surface area contributed by atoms with Crippen LogP contribution in [0.1, 0.15) is 91.9 Å². The number of carboxylic acid groups (broad SMARTS) is 1. The van der Waals surface area contributed by atoms with Crippen molar-refractivity contribution >= 4 is 5.97 Å². The summed E-state index contributed by atoms with van der Waals surface area (Å²) >= 11 is 0. The van der Waals surface area contributed by atoms with Gasteiger partial charge in [0, 0.05) is 5.97 Å². The molecule has 0 aromatic carbocycles. The summed E-state index contributed by atoms with van der Waals surface area (Å²) in [6.45, 7) is 12.7. The van der Waals surface area contributed by atoms with Crippen molar-refractivity contribution < 1.29 is 14.4 Å². The Morgan fingerprint density at radius 2 is 1.00 bits per heavy atom. The van der Waals surface area contributed by atoms with Gasteiger partial charge in [0.15, 0.2) is 0 Å². The summed E-state index contributed by atoms with van der Waals surface area (Å²) in [7, 11) is 2.49. The maximum atomic E-state index is 9.26. The van der Waals surface area contributed by atoms with Crippen LogP contribution >= 0.6 is 0 Å². The molecule has 134 valence electrons. The third-order valence-corrected chi connectivity index (χ3v) is 4.19. The molecule has 0 spiro atoms. The van der Waals surface area contributed by atoms with Gasteiger partial charge >= 0.3 is 0 Å². The molecule has 0 atom stereocenters. The minimum Gasteiger partial charge on any atom is -0.550 e. The Morgan fingerprint density at radius 3 is 1.18 bits per heavy atom. The van der Waals surface area contributed by atoms with Crippen LogP contribution in [0.3, 0.4) is 0 Å². The molecule has 22 heavy (non-hydrogen) atoms. The Hall–Kier alpha value is -0.570. The zero-order chi connectivity index (χ0) is 17.3. The van der Waals surface area contributed by atoms with Crippen LogP contribution < -0.4 is 5.11 Å². The number of carboxylic acids is 1. The van der Waals surface area contributed by atoms with E-state index in [0.29, 0.717) is 0 Å². The van der Waals surface area contributed by atoms with Crippen LogP contribution in [0.4, 0.5) is 0 Å². The van der Waals surface area contributed by atoms with E-state index >= 15 is 0 Å². The molecule has 0 aliphatic heterocycles. The van der Waals surface area contributed by atoms with Crippen LogP contribution in [-0.4, -0.2) is 37.1 Å². The average molecular weight is 316 g/mol. The van der Waals surface area contributed by atoms with Gasteiger partial charge in [-0.2, -0.15) is 0 Å². The summed E-state index contributed by atoms with van der Waals surface area (Å²) in [4.78, 5) is 9.26. The molecule has 0 aliphatic carbocycles. The van der Waals surface area contributed by atoms with E-state index in [2.05, 4.69) is 27.8 Å². The molecular formula is C19H41NO2. The molecule has 3 heteroatoms. The highest BCUT2D eigenvalue weighted by molar-refractivity contribution is 5.63. The van der Waals surface area contributed by atoms with Crippen molar-refractivity contribution in [3.05, 3.63) is 0 Å². The summed E-state index contributed by atoms with van der Waals surface area (Å²) in [5.74, 6) is -0.995. The van der Waals surface area contributed by atoms with Gasteiger partial charge in [0.2, 0.25) is 0 Å². The lowest BCUT2D eigenvalue weighted by molar-refractivity contribution is -0.910. The molecule has 0 heterocycles. The maximum absolute atomic E-state index is 9.26. The molecule has 0 radical (unpaired) electrons. The molecule has 0 saturated carbocycles. The number of aliphatic carboxylic acids is 1. The maximum Gasteiger partial charge on any atom is 0.0784 e. The Morgan fingerprint density at radius 1 is 0.727 bits per heavy atom. The topological polar surface area (TPSA) is 40.1 Å². The summed E-state index contributed by atoms with van der Waals surface area (Å²) in [6.07, 6.45) is 12.7. The lowest BCUT2D eigenvalue weighted by Gasteiger charge is -2.35. The molecule has 0 N–H and O–H groups in total. The molecule has 0 unspecified atom stereocenters. The SMILES string of the molecule is CCC(=O)[O-].CCCCC[N+](C)(CCCCC)CCCCC. The number of hydrogen-bond donors (Lipinski definition) is 0. The quantitative estimate of drug-likeness (QED) is 0.378. The fraction of sp³-hybridized carbons (Fsp3) is 0.947. The average Bonchev–Trinajstić information content (AvgIpc) is 2.49. The van der Waals surface area contributed by atoms with Crippen LogP contribution in [0, 0.1) is 0 Å². The first-order chi connectivity index (χ1) is 10.5. The molecular weight excluding hydrogens is 274 g/mol. The molecule has 0 bridgehead atoms. The number of rotatable bonds is 13. The van der Waals surface area contributed by atoms with Crippen LogP contribution in [-0.2, 0) is 4.79 Å². The highest BCUT2D eigenvalue weighted by Gasteiger charge is 2.19. The zero-order valence-electron chi connectivity index (χ0n) is 16.0. The van der Waals surface area contributed by atoms with Crippen molar-refractivity contribution in [2.45, 2.75) is 91.9 Å². The zero-order valence-corrected chi connectivity index (χ0v) is 16.0. The third kappa shape index (κ3) is 17.5. The monoisotopic (exact) mass is 315 g/mol. The van der Waals surface area contributed by atoms with Crippen molar-refractivity contribution in [1.29, 1.82) is 0 Å². The van der Waals surface area contributed by atoms with Gasteiger partial charge in [0.25, 0.3) is 0 Å². The molecule has 0 fully saturated rings. The second-order valence-electron chi connectivity index (χ2n) is 6.64. The second kappa shape index (κ2) is 16.8. The van der Waals surface area contributed by atoms with Gasteiger partial charge in [-0.1, -0.05) is 47.0 Å². The van der Waals surface area contributed by atoms with E-state index in [9.17, 15) is 9.90 Å². The standard InChI is InChI=1S/C16H36N.C3H6O2/c1-5-8-11-14-17(4,15-12-9-6-2)16-13-10-7-3;1-2-3(4)5/h5-16H2,1-4H3;2H2,1H3,(H,4,5)/q+1;/p-1. The molecule has 0 amide bonds. The smallest absolute Gasteiger partial charge is 0.0784 e. The third-order valence-electron chi connectivity index (χ3n) is 4.19.